The van der Waals surface area contributed by atoms with Crippen molar-refractivity contribution in [3.63, 3.8) is 0 Å². The van der Waals surface area contributed by atoms with Crippen LogP contribution in [0.4, 0.5) is 5.69 Å². The zero-order valence-corrected chi connectivity index (χ0v) is 16.7. The second-order valence-electron chi connectivity index (χ2n) is 7.46. The summed E-state index contributed by atoms with van der Waals surface area (Å²) in [5.41, 5.74) is 1.63. The van der Waals surface area contributed by atoms with Crippen molar-refractivity contribution in [1.29, 1.82) is 0 Å². The normalized spacial score (nSPS) is 22.6. The van der Waals surface area contributed by atoms with E-state index in [1.165, 1.54) is 39.2 Å². The van der Waals surface area contributed by atoms with Crippen LogP contribution in [0, 0.1) is 11.8 Å². The van der Waals surface area contributed by atoms with Gasteiger partial charge in [0.2, 0.25) is 5.91 Å². The molecule has 1 aliphatic carbocycles. The summed E-state index contributed by atoms with van der Waals surface area (Å²) >= 11 is 0. The molecular weight excluding hydrogens is 382 g/mol. The summed E-state index contributed by atoms with van der Waals surface area (Å²) in [5, 5.41) is 6.37. The van der Waals surface area contributed by atoms with Crippen molar-refractivity contribution in [2.24, 2.45) is 11.8 Å². The number of ether oxygens (including phenoxy) is 1. The summed E-state index contributed by atoms with van der Waals surface area (Å²) in [6.07, 6.45) is 7.40. The van der Waals surface area contributed by atoms with E-state index in [1.807, 2.05) is 0 Å². The van der Waals surface area contributed by atoms with E-state index in [1.54, 1.807) is 18.2 Å². The van der Waals surface area contributed by atoms with Crippen LogP contribution in [0.3, 0.4) is 0 Å². The van der Waals surface area contributed by atoms with Gasteiger partial charge in [0.25, 0.3) is 0 Å². The molecule has 2 N–H and O–H groups in total. The number of oxazole rings is 1. The molecule has 2 fully saturated rings. The Labute approximate surface area is 170 Å². The van der Waals surface area contributed by atoms with E-state index >= 15 is 0 Å². The molecule has 1 aliphatic heterocycles. The van der Waals surface area contributed by atoms with Crippen molar-refractivity contribution in [3.05, 3.63) is 24.1 Å². The maximum Gasteiger partial charge on any atom is 0.394 e. The third-order valence-corrected chi connectivity index (χ3v) is 5.82. The molecule has 28 heavy (non-hydrogen) atoms. The number of methoxy groups -OCH3 is 1. The zero-order valence-electron chi connectivity index (χ0n) is 15.9. The van der Waals surface area contributed by atoms with Crippen molar-refractivity contribution in [1.82, 2.24) is 10.3 Å². The fourth-order valence-electron chi connectivity index (χ4n) is 4.48. The molecule has 1 saturated heterocycles. The summed E-state index contributed by atoms with van der Waals surface area (Å²) in [6.45, 7) is 0.892. The lowest BCUT2D eigenvalue weighted by Crippen LogP contribution is -2.42. The fraction of sp³-hybridized carbons (Fsp3) is 0.550. The minimum absolute atomic E-state index is 0. The van der Waals surface area contributed by atoms with E-state index in [9.17, 15) is 9.59 Å². The molecule has 0 bridgehead atoms. The highest BCUT2D eigenvalue weighted by atomic mass is 35.5. The summed E-state index contributed by atoms with van der Waals surface area (Å²) < 4.78 is 10.1. The molecule has 1 saturated carbocycles. The first-order valence-electron chi connectivity index (χ1n) is 9.69. The molecule has 0 radical (unpaired) electrons. The summed E-state index contributed by atoms with van der Waals surface area (Å²) in [4.78, 5) is 28.5. The first-order valence-corrected chi connectivity index (χ1v) is 9.69. The molecule has 2 aromatic rings. The van der Waals surface area contributed by atoms with Gasteiger partial charge in [-0.15, -0.1) is 12.4 Å². The molecule has 2 aliphatic rings. The largest absolute Gasteiger partial charge is 0.462 e. The van der Waals surface area contributed by atoms with Crippen LogP contribution < -0.4 is 10.6 Å². The standard InChI is InChI=1S/C20H25N3O4.ClH/c1-26-20(25)19-23-15-8-7-13(11-16(15)27-19)22-18(24)17-14(9-10-21-17)12-5-3-2-4-6-12;/h7-8,11-12,14,17,21H,2-6,9-10H2,1H3,(H,22,24);1H/t14-,17+;/m0./s1. The molecule has 152 valence electrons. The summed E-state index contributed by atoms with van der Waals surface area (Å²) in [5.74, 6) is 0.331. The average molecular weight is 408 g/mol. The van der Waals surface area contributed by atoms with Gasteiger partial charge in [-0.05, 0) is 36.9 Å². The van der Waals surface area contributed by atoms with Crippen LogP contribution in [0.2, 0.25) is 0 Å². The van der Waals surface area contributed by atoms with Gasteiger partial charge in [-0.1, -0.05) is 32.1 Å². The predicted octanol–water partition coefficient (Wildman–Crippen LogP) is 3.53. The van der Waals surface area contributed by atoms with E-state index in [0.29, 0.717) is 28.6 Å². The monoisotopic (exact) mass is 407 g/mol. The lowest BCUT2D eigenvalue weighted by Gasteiger charge is -2.30. The number of rotatable bonds is 4. The summed E-state index contributed by atoms with van der Waals surface area (Å²) in [6, 6.07) is 5.04. The highest BCUT2D eigenvalue weighted by Gasteiger charge is 2.38. The first-order chi connectivity index (χ1) is 13.2. The zero-order chi connectivity index (χ0) is 18.8. The molecule has 1 amide bonds. The Balaban J connectivity index is 0.00000225. The number of aromatic nitrogens is 1. The van der Waals surface area contributed by atoms with Crippen LogP contribution in [0.15, 0.2) is 22.6 Å². The van der Waals surface area contributed by atoms with E-state index in [2.05, 4.69) is 20.4 Å². The molecule has 2 heterocycles. The lowest BCUT2D eigenvalue weighted by molar-refractivity contribution is -0.119. The fourth-order valence-corrected chi connectivity index (χ4v) is 4.48. The second-order valence-corrected chi connectivity index (χ2v) is 7.46. The molecular formula is C20H26ClN3O4. The molecule has 1 aromatic heterocycles. The highest BCUT2D eigenvalue weighted by Crippen LogP contribution is 2.36. The number of halogens is 1. The van der Waals surface area contributed by atoms with Crippen molar-refractivity contribution < 1.29 is 18.7 Å². The highest BCUT2D eigenvalue weighted by molar-refractivity contribution is 5.97. The van der Waals surface area contributed by atoms with Crippen LogP contribution in [0.1, 0.15) is 49.2 Å². The molecule has 2 atom stereocenters. The Morgan fingerprint density at radius 2 is 2.00 bits per heavy atom. The smallest absolute Gasteiger partial charge is 0.394 e. The number of nitrogens with zero attached hydrogens (tertiary/aromatic N) is 1. The number of fused-ring (bicyclic) bond motifs is 1. The molecule has 0 unspecified atom stereocenters. The van der Waals surface area contributed by atoms with E-state index in [-0.39, 0.29) is 30.2 Å². The van der Waals surface area contributed by atoms with Crippen molar-refractivity contribution in [2.75, 3.05) is 19.0 Å². The number of amides is 1. The van der Waals surface area contributed by atoms with Gasteiger partial charge >= 0.3 is 11.9 Å². The van der Waals surface area contributed by atoms with E-state index in [4.69, 9.17) is 4.42 Å². The Bertz CT molecular complexity index is 847. The van der Waals surface area contributed by atoms with Gasteiger partial charge in [0.15, 0.2) is 5.58 Å². The van der Waals surface area contributed by atoms with Crippen molar-refractivity contribution in [2.45, 2.75) is 44.6 Å². The van der Waals surface area contributed by atoms with Gasteiger partial charge in [-0.25, -0.2) is 9.78 Å². The Morgan fingerprint density at radius 1 is 1.21 bits per heavy atom. The Kier molecular flexibility index (Phi) is 6.57. The number of carbonyl (C=O) groups is 2. The van der Waals surface area contributed by atoms with Crippen LogP contribution in [0.25, 0.3) is 11.1 Å². The first kappa shape index (κ1) is 20.6. The second kappa shape index (κ2) is 8.92. The van der Waals surface area contributed by atoms with E-state index in [0.717, 1.165) is 13.0 Å². The quantitative estimate of drug-likeness (QED) is 0.753. The maximum absolute atomic E-state index is 12.9. The molecule has 0 spiro atoms. The van der Waals surface area contributed by atoms with Gasteiger partial charge in [-0.2, -0.15) is 0 Å². The average Bonchev–Trinajstić information content (AvgIpc) is 3.34. The lowest BCUT2D eigenvalue weighted by atomic mass is 9.76. The number of anilines is 1. The minimum Gasteiger partial charge on any atom is -0.462 e. The third kappa shape index (κ3) is 4.15. The number of hydrogen-bond acceptors (Lipinski definition) is 6. The van der Waals surface area contributed by atoms with Gasteiger partial charge in [0.05, 0.1) is 13.2 Å². The molecule has 7 nitrogen and oxygen atoms in total. The molecule has 4 rings (SSSR count). The topological polar surface area (TPSA) is 93.5 Å². The van der Waals surface area contributed by atoms with Crippen molar-refractivity contribution >= 4 is 41.1 Å². The van der Waals surface area contributed by atoms with Crippen LogP contribution >= 0.6 is 12.4 Å². The SMILES string of the molecule is COC(=O)c1nc2ccc(NC(=O)[C@@H]3NCC[C@H]3C3CCCCC3)cc2o1.Cl. The molecule has 1 aromatic carbocycles. The van der Waals surface area contributed by atoms with Gasteiger partial charge in [0.1, 0.15) is 5.52 Å². The van der Waals surface area contributed by atoms with Crippen LogP contribution in [0.5, 0.6) is 0 Å². The number of benzene rings is 1. The predicted molar refractivity (Wildman–Crippen MR) is 108 cm³/mol. The Morgan fingerprint density at radius 3 is 2.75 bits per heavy atom. The minimum atomic E-state index is -0.623. The van der Waals surface area contributed by atoms with Gasteiger partial charge < -0.3 is 19.8 Å². The number of esters is 1. The van der Waals surface area contributed by atoms with Crippen molar-refractivity contribution in [3.8, 4) is 0 Å². The van der Waals surface area contributed by atoms with Crippen LogP contribution in [-0.4, -0.2) is 36.6 Å². The van der Waals surface area contributed by atoms with Gasteiger partial charge in [-0.3, -0.25) is 4.79 Å². The number of nitrogens with one attached hydrogen (secondary N) is 2. The third-order valence-electron chi connectivity index (χ3n) is 5.82. The molecule has 8 heteroatoms. The van der Waals surface area contributed by atoms with Gasteiger partial charge in [0, 0.05) is 11.8 Å². The summed E-state index contributed by atoms with van der Waals surface area (Å²) in [7, 11) is 1.28. The van der Waals surface area contributed by atoms with Crippen LogP contribution in [-0.2, 0) is 9.53 Å². The van der Waals surface area contributed by atoms with E-state index < -0.39 is 5.97 Å². The number of hydrogen-bond donors (Lipinski definition) is 2. The Hall–Kier alpha value is -2.12. The number of carbonyl (C=O) groups excluding carboxylic acids is 2. The maximum atomic E-state index is 12.9.